The molecule has 0 radical (unpaired) electrons. The van der Waals surface area contributed by atoms with E-state index in [4.69, 9.17) is 0 Å². The standard InChI is InChI=1S/C9H22N3O2/c1-8(2,3)10-11(6)9(4,5)12(13)14-7/h10H,1-7H3/q-1. The van der Waals surface area contributed by atoms with Gasteiger partial charge in [0.2, 0.25) is 0 Å². The minimum Gasteiger partial charge on any atom is -0.761 e. The number of hydrazine groups is 1. The summed E-state index contributed by atoms with van der Waals surface area (Å²) in [6.45, 7) is 9.65. The second-order valence-electron chi connectivity index (χ2n) is 4.85. The lowest BCUT2D eigenvalue weighted by molar-refractivity contribution is -0.214. The van der Waals surface area contributed by atoms with Gasteiger partial charge in [0.25, 0.3) is 0 Å². The van der Waals surface area contributed by atoms with Gasteiger partial charge in [0, 0.05) is 12.6 Å². The molecule has 0 aliphatic heterocycles. The molecule has 0 aromatic rings. The Bertz CT molecular complexity index is 177. The normalized spacial score (nSPS) is 14.1. The van der Waals surface area contributed by atoms with E-state index in [2.05, 4.69) is 10.3 Å². The molecule has 14 heavy (non-hydrogen) atoms. The van der Waals surface area contributed by atoms with Gasteiger partial charge in [-0.25, -0.2) is 15.7 Å². The smallest absolute Gasteiger partial charge is 0.0916 e. The van der Waals surface area contributed by atoms with Crippen molar-refractivity contribution >= 4 is 0 Å². The molecule has 0 aliphatic carbocycles. The molecule has 86 valence electrons. The molecule has 0 rings (SSSR count). The highest BCUT2D eigenvalue weighted by Gasteiger charge is 2.28. The molecule has 5 heteroatoms. The number of hydrogen-bond donors (Lipinski definition) is 1. The number of nitrogens with zero attached hydrogens (tertiary/aromatic N) is 2. The maximum atomic E-state index is 11.4. The van der Waals surface area contributed by atoms with E-state index in [9.17, 15) is 5.21 Å². The Balaban J connectivity index is 4.43. The predicted molar refractivity (Wildman–Crippen MR) is 56.9 cm³/mol. The second-order valence-corrected chi connectivity index (χ2v) is 4.85. The number of hydroxylamine groups is 2. The van der Waals surface area contributed by atoms with E-state index >= 15 is 0 Å². The van der Waals surface area contributed by atoms with Gasteiger partial charge in [-0.1, -0.05) is 0 Å². The van der Waals surface area contributed by atoms with Gasteiger partial charge in [0.05, 0.1) is 12.8 Å². The van der Waals surface area contributed by atoms with E-state index in [1.807, 2.05) is 27.8 Å². The number of nitrogens with one attached hydrogen (secondary N) is 1. The first-order valence-electron chi connectivity index (χ1n) is 4.64. The van der Waals surface area contributed by atoms with Crippen LogP contribution in [-0.2, 0) is 4.84 Å². The Morgan fingerprint density at radius 3 is 1.86 bits per heavy atom. The summed E-state index contributed by atoms with van der Waals surface area (Å²) >= 11 is 0. The zero-order valence-corrected chi connectivity index (χ0v) is 10.2. The molecule has 0 atom stereocenters. The molecule has 0 fully saturated rings. The van der Waals surface area contributed by atoms with Crippen LogP contribution >= 0.6 is 0 Å². The van der Waals surface area contributed by atoms with E-state index in [0.29, 0.717) is 5.23 Å². The number of rotatable bonds is 4. The van der Waals surface area contributed by atoms with E-state index < -0.39 is 5.66 Å². The monoisotopic (exact) mass is 204 g/mol. The molecular formula is C9H22N3O2-. The summed E-state index contributed by atoms with van der Waals surface area (Å²) in [6, 6.07) is 0. The Kier molecular flexibility index (Phi) is 4.48. The number of hydrogen-bond acceptors (Lipinski definition) is 5. The zero-order chi connectivity index (χ0) is 11.6. The average Bonchev–Trinajstić information content (AvgIpc) is 1.99. The molecule has 0 aliphatic rings. The largest absolute Gasteiger partial charge is 0.761 e. The van der Waals surface area contributed by atoms with E-state index in [-0.39, 0.29) is 5.54 Å². The topological polar surface area (TPSA) is 50.8 Å². The molecule has 0 saturated heterocycles. The van der Waals surface area contributed by atoms with Gasteiger partial charge >= 0.3 is 0 Å². The minimum atomic E-state index is -0.748. The Morgan fingerprint density at radius 2 is 1.57 bits per heavy atom. The van der Waals surface area contributed by atoms with Crippen molar-refractivity contribution in [2.45, 2.75) is 45.8 Å². The fourth-order valence-corrected chi connectivity index (χ4v) is 0.986. The van der Waals surface area contributed by atoms with Gasteiger partial charge in [0.15, 0.2) is 0 Å². The maximum absolute atomic E-state index is 11.4. The van der Waals surface area contributed by atoms with Crippen LogP contribution in [0.1, 0.15) is 34.6 Å². The Hall–Kier alpha value is -0.200. The first kappa shape index (κ1) is 13.8. The maximum Gasteiger partial charge on any atom is 0.0916 e. The van der Waals surface area contributed by atoms with Crippen molar-refractivity contribution in [3.63, 3.8) is 0 Å². The molecule has 0 saturated carbocycles. The van der Waals surface area contributed by atoms with E-state index in [0.717, 1.165) is 0 Å². The van der Waals surface area contributed by atoms with Gasteiger partial charge in [-0.05, 0) is 34.6 Å². The molecule has 0 bridgehead atoms. The summed E-state index contributed by atoms with van der Waals surface area (Å²) in [4.78, 5) is 4.65. The highest BCUT2D eigenvalue weighted by molar-refractivity contribution is 4.78. The van der Waals surface area contributed by atoms with Gasteiger partial charge in [-0.2, -0.15) is 0 Å². The van der Waals surface area contributed by atoms with Crippen LogP contribution in [0.2, 0.25) is 0 Å². The molecule has 0 amide bonds. The first-order valence-corrected chi connectivity index (χ1v) is 4.64. The molecular weight excluding hydrogens is 182 g/mol. The molecule has 1 N–H and O–H groups in total. The Labute approximate surface area is 86.5 Å². The van der Waals surface area contributed by atoms with Crippen molar-refractivity contribution in [1.82, 2.24) is 15.7 Å². The molecule has 0 unspecified atom stereocenters. The third-order valence-electron chi connectivity index (χ3n) is 1.94. The van der Waals surface area contributed by atoms with Crippen LogP contribution in [0, 0.1) is 5.21 Å². The van der Waals surface area contributed by atoms with Crippen molar-refractivity contribution in [2.24, 2.45) is 0 Å². The first-order chi connectivity index (χ1) is 6.11. The lowest BCUT2D eigenvalue weighted by atomic mass is 10.1. The minimum absolute atomic E-state index is 0.0827. The molecule has 0 aromatic carbocycles. The van der Waals surface area contributed by atoms with Gasteiger partial charge in [0.1, 0.15) is 0 Å². The molecule has 5 nitrogen and oxygen atoms in total. The van der Waals surface area contributed by atoms with Crippen LogP contribution in [-0.4, -0.2) is 35.6 Å². The van der Waals surface area contributed by atoms with Gasteiger partial charge < -0.3 is 10.0 Å². The van der Waals surface area contributed by atoms with Crippen LogP contribution in [0.4, 0.5) is 0 Å². The highest BCUT2D eigenvalue weighted by Crippen LogP contribution is 2.17. The third-order valence-corrected chi connectivity index (χ3v) is 1.94. The second kappa shape index (κ2) is 4.55. The zero-order valence-electron chi connectivity index (χ0n) is 10.2. The van der Waals surface area contributed by atoms with Crippen molar-refractivity contribution in [3.8, 4) is 0 Å². The van der Waals surface area contributed by atoms with Crippen molar-refractivity contribution in [1.29, 1.82) is 0 Å². The Morgan fingerprint density at radius 1 is 1.14 bits per heavy atom. The van der Waals surface area contributed by atoms with Crippen LogP contribution in [0.5, 0.6) is 0 Å². The molecule has 0 heterocycles. The fourth-order valence-electron chi connectivity index (χ4n) is 0.986. The van der Waals surface area contributed by atoms with Crippen molar-refractivity contribution in [3.05, 3.63) is 5.21 Å². The fraction of sp³-hybridized carbons (Fsp3) is 1.00. The quantitative estimate of drug-likeness (QED) is 0.553. The van der Waals surface area contributed by atoms with Crippen molar-refractivity contribution in [2.75, 3.05) is 14.2 Å². The summed E-state index contributed by atoms with van der Waals surface area (Å²) in [5.41, 5.74) is 2.36. The van der Waals surface area contributed by atoms with E-state index in [1.54, 1.807) is 18.9 Å². The van der Waals surface area contributed by atoms with Crippen LogP contribution in [0.25, 0.3) is 0 Å². The summed E-state index contributed by atoms with van der Waals surface area (Å²) in [5, 5.41) is 13.7. The SMILES string of the molecule is CON([O-])C(C)(C)N(C)NC(C)(C)C. The van der Waals surface area contributed by atoms with Crippen LogP contribution < -0.4 is 5.43 Å². The van der Waals surface area contributed by atoms with Crippen molar-refractivity contribution < 1.29 is 4.84 Å². The highest BCUT2D eigenvalue weighted by atomic mass is 16.9. The average molecular weight is 204 g/mol. The summed E-state index contributed by atoms with van der Waals surface area (Å²) in [7, 11) is 3.18. The lowest BCUT2D eigenvalue weighted by Gasteiger charge is -2.48. The van der Waals surface area contributed by atoms with Crippen LogP contribution in [0.3, 0.4) is 0 Å². The van der Waals surface area contributed by atoms with Gasteiger partial charge in [-0.15, -0.1) is 0 Å². The predicted octanol–water partition coefficient (Wildman–Crippen LogP) is 1.32. The molecule has 0 spiro atoms. The molecule has 0 aromatic heterocycles. The summed E-state index contributed by atoms with van der Waals surface area (Å²) in [5.74, 6) is 0. The van der Waals surface area contributed by atoms with Crippen LogP contribution in [0.15, 0.2) is 0 Å². The lowest BCUT2D eigenvalue weighted by Crippen LogP contribution is -2.61. The third kappa shape index (κ3) is 3.89. The van der Waals surface area contributed by atoms with E-state index in [1.165, 1.54) is 7.11 Å². The van der Waals surface area contributed by atoms with Gasteiger partial charge in [-0.3, -0.25) is 0 Å². The summed E-state index contributed by atoms with van der Waals surface area (Å²) in [6.07, 6.45) is 0. The summed E-state index contributed by atoms with van der Waals surface area (Å²) < 4.78 is 0.